The zero-order valence-corrected chi connectivity index (χ0v) is 18.2. The lowest BCUT2D eigenvalue weighted by Crippen LogP contribution is -2.44. The number of aryl methyl sites for hydroxylation is 1. The first-order valence-corrected chi connectivity index (χ1v) is 11.0. The van der Waals surface area contributed by atoms with Crippen LogP contribution in [0.15, 0.2) is 24.4 Å². The summed E-state index contributed by atoms with van der Waals surface area (Å²) in [5.74, 6) is -2.93. The molecular weight excluding hydrogens is 463 g/mol. The number of aromatic nitrogens is 2. The molecule has 3 atom stereocenters. The predicted molar refractivity (Wildman–Crippen MR) is 111 cm³/mol. The number of carboxylic acid groups (broad SMARTS) is 1. The van der Waals surface area contributed by atoms with Gasteiger partial charge in [0, 0.05) is 49.4 Å². The minimum atomic E-state index is -5.08. The van der Waals surface area contributed by atoms with Crippen LogP contribution in [0.2, 0.25) is 0 Å². The van der Waals surface area contributed by atoms with E-state index >= 15 is 0 Å². The summed E-state index contributed by atoms with van der Waals surface area (Å²) in [6.45, 7) is 3.57. The molecule has 12 heteroatoms. The van der Waals surface area contributed by atoms with Crippen molar-refractivity contribution in [3.05, 3.63) is 41.9 Å². The summed E-state index contributed by atoms with van der Waals surface area (Å²) in [6, 6.07) is 4.38. The number of halogens is 5. The molecule has 3 aliphatic heterocycles. The first-order chi connectivity index (χ1) is 16.0. The van der Waals surface area contributed by atoms with E-state index in [-0.39, 0.29) is 5.60 Å². The van der Waals surface area contributed by atoms with Gasteiger partial charge in [0.15, 0.2) is 0 Å². The van der Waals surface area contributed by atoms with E-state index in [4.69, 9.17) is 14.6 Å². The van der Waals surface area contributed by atoms with Gasteiger partial charge >= 0.3 is 12.1 Å². The number of benzene rings is 1. The number of fused-ring (bicyclic) bond motifs is 1. The fourth-order valence-electron chi connectivity index (χ4n) is 4.71. The number of imidazole rings is 1. The Morgan fingerprint density at radius 1 is 1.29 bits per heavy atom. The lowest BCUT2D eigenvalue weighted by atomic mass is 9.96. The van der Waals surface area contributed by atoms with E-state index in [9.17, 15) is 22.0 Å². The number of carboxylic acids is 1. The van der Waals surface area contributed by atoms with Gasteiger partial charge in [-0.25, -0.2) is 18.6 Å². The van der Waals surface area contributed by atoms with Crippen LogP contribution in [0.3, 0.4) is 0 Å². The van der Waals surface area contributed by atoms with E-state index in [0.717, 1.165) is 63.8 Å². The predicted octanol–water partition coefficient (Wildman–Crippen LogP) is 2.89. The van der Waals surface area contributed by atoms with Gasteiger partial charge in [0.25, 0.3) is 0 Å². The van der Waals surface area contributed by atoms with Gasteiger partial charge in [0.1, 0.15) is 17.5 Å². The van der Waals surface area contributed by atoms with Crippen LogP contribution in [-0.4, -0.2) is 64.2 Å². The molecule has 0 aliphatic carbocycles. The number of ether oxygens (including phenoxy) is 1. The van der Waals surface area contributed by atoms with Crippen molar-refractivity contribution in [1.82, 2.24) is 20.2 Å². The van der Waals surface area contributed by atoms with Crippen molar-refractivity contribution < 1.29 is 36.6 Å². The van der Waals surface area contributed by atoms with Crippen LogP contribution in [0, 0.1) is 11.6 Å². The van der Waals surface area contributed by atoms with E-state index in [1.807, 2.05) is 6.20 Å². The minimum Gasteiger partial charge on any atom is -0.475 e. The Kier molecular flexibility index (Phi) is 6.92. The maximum absolute atomic E-state index is 14.1. The Balaban J connectivity index is 0.000000344. The number of rotatable bonds is 3. The molecule has 0 radical (unpaired) electrons. The molecule has 3 unspecified atom stereocenters. The third kappa shape index (κ3) is 5.56. The number of carbonyl (C=O) groups is 1. The number of hydrogen-bond donors (Lipinski definition) is 3. The van der Waals surface area contributed by atoms with Crippen LogP contribution < -0.4 is 10.6 Å². The van der Waals surface area contributed by atoms with Crippen molar-refractivity contribution >= 4 is 5.97 Å². The largest absolute Gasteiger partial charge is 0.490 e. The molecule has 2 aromatic rings. The topological polar surface area (TPSA) is 88.4 Å². The van der Waals surface area contributed by atoms with Crippen molar-refractivity contribution in [2.45, 2.75) is 56.1 Å². The summed E-state index contributed by atoms with van der Waals surface area (Å²) >= 11 is 0. The summed E-state index contributed by atoms with van der Waals surface area (Å²) in [5, 5.41) is 14.3. The molecule has 1 aromatic carbocycles. The molecule has 0 amide bonds. The summed E-state index contributed by atoms with van der Waals surface area (Å²) in [6.07, 6.45) is 0.797. The quantitative estimate of drug-likeness (QED) is 0.576. The number of aliphatic carboxylic acids is 1. The van der Waals surface area contributed by atoms with Gasteiger partial charge in [0.2, 0.25) is 0 Å². The summed E-state index contributed by atoms with van der Waals surface area (Å²) in [4.78, 5) is 13.5. The van der Waals surface area contributed by atoms with Gasteiger partial charge in [-0.3, -0.25) is 0 Å². The van der Waals surface area contributed by atoms with Gasteiger partial charge in [-0.15, -0.1) is 0 Å². The summed E-state index contributed by atoms with van der Waals surface area (Å²) in [5.41, 5.74) is 0.950. The van der Waals surface area contributed by atoms with Crippen molar-refractivity contribution in [2.75, 3.05) is 19.7 Å². The highest BCUT2D eigenvalue weighted by molar-refractivity contribution is 5.73. The Morgan fingerprint density at radius 3 is 2.71 bits per heavy atom. The second-order valence-electron chi connectivity index (χ2n) is 8.85. The zero-order chi connectivity index (χ0) is 24.5. The Bertz CT molecular complexity index is 1040. The molecule has 7 nitrogen and oxygen atoms in total. The van der Waals surface area contributed by atoms with Gasteiger partial charge in [0.05, 0.1) is 17.9 Å². The van der Waals surface area contributed by atoms with Crippen molar-refractivity contribution in [1.29, 1.82) is 0 Å². The molecule has 1 aromatic heterocycles. The van der Waals surface area contributed by atoms with E-state index in [1.54, 1.807) is 0 Å². The standard InChI is InChI=1S/C20H24F2N4O.C2HF3O2/c21-13-1-3-16(17(22)7-13)18-10-26-9-14(2-4-19(26)25-18)24-15-8-20(27-11-15)5-6-23-12-20;3-2(4,5)1(6)7/h1,3,7,10,14-15,23-24H,2,4-6,8-9,11-12H2;(H,6,7). The van der Waals surface area contributed by atoms with Gasteiger partial charge < -0.3 is 25.0 Å². The van der Waals surface area contributed by atoms with Crippen LogP contribution in [0.4, 0.5) is 22.0 Å². The van der Waals surface area contributed by atoms with Crippen molar-refractivity contribution in [3.8, 4) is 11.3 Å². The van der Waals surface area contributed by atoms with Crippen LogP contribution >= 0.6 is 0 Å². The Hall–Kier alpha value is -2.57. The van der Waals surface area contributed by atoms with Crippen molar-refractivity contribution in [3.63, 3.8) is 0 Å². The minimum absolute atomic E-state index is 0.0276. The van der Waals surface area contributed by atoms with E-state index in [1.165, 1.54) is 12.1 Å². The lowest BCUT2D eigenvalue weighted by molar-refractivity contribution is -0.192. The third-order valence-electron chi connectivity index (χ3n) is 6.33. The number of nitrogens with one attached hydrogen (secondary N) is 2. The van der Waals surface area contributed by atoms with Crippen LogP contribution in [0.1, 0.15) is 25.1 Å². The first kappa shape index (κ1) is 24.6. The van der Waals surface area contributed by atoms with Gasteiger partial charge in [-0.2, -0.15) is 13.2 Å². The molecule has 34 heavy (non-hydrogen) atoms. The summed E-state index contributed by atoms with van der Waals surface area (Å²) in [7, 11) is 0. The van der Waals surface area contributed by atoms with Crippen LogP contribution in [-0.2, 0) is 22.5 Å². The van der Waals surface area contributed by atoms with Gasteiger partial charge in [-0.05, 0) is 37.9 Å². The second-order valence-corrected chi connectivity index (χ2v) is 8.85. The Labute approximate surface area is 192 Å². The van der Waals surface area contributed by atoms with Crippen LogP contribution in [0.25, 0.3) is 11.3 Å². The normalized spacial score (nSPS) is 26.3. The fraction of sp³-hybridized carbons (Fsp3) is 0.545. The van der Waals surface area contributed by atoms with E-state index in [0.29, 0.717) is 23.3 Å². The van der Waals surface area contributed by atoms with Crippen molar-refractivity contribution in [2.24, 2.45) is 0 Å². The maximum atomic E-state index is 14.1. The molecule has 5 rings (SSSR count). The van der Waals surface area contributed by atoms with Gasteiger partial charge in [-0.1, -0.05) is 0 Å². The highest BCUT2D eigenvalue weighted by atomic mass is 19.4. The van der Waals surface area contributed by atoms with E-state index < -0.39 is 23.8 Å². The number of hydrogen-bond acceptors (Lipinski definition) is 5. The first-order valence-electron chi connectivity index (χ1n) is 11.0. The Morgan fingerprint density at radius 2 is 2.06 bits per heavy atom. The molecule has 2 fully saturated rings. The molecular formula is C22H25F5N4O3. The molecule has 4 heterocycles. The average molecular weight is 488 g/mol. The molecule has 0 saturated carbocycles. The zero-order valence-electron chi connectivity index (χ0n) is 18.2. The molecule has 3 N–H and O–H groups in total. The number of nitrogens with zero attached hydrogens (tertiary/aromatic N) is 2. The fourth-order valence-corrected chi connectivity index (χ4v) is 4.71. The monoisotopic (exact) mass is 488 g/mol. The lowest BCUT2D eigenvalue weighted by Gasteiger charge is -2.27. The molecule has 1 spiro atoms. The maximum Gasteiger partial charge on any atom is 0.490 e. The summed E-state index contributed by atoms with van der Waals surface area (Å²) < 4.78 is 67.2. The molecule has 186 valence electrons. The highest BCUT2D eigenvalue weighted by Gasteiger charge is 2.43. The smallest absolute Gasteiger partial charge is 0.475 e. The number of alkyl halides is 3. The molecule has 3 aliphatic rings. The third-order valence-corrected chi connectivity index (χ3v) is 6.33. The molecule has 0 bridgehead atoms. The SMILES string of the molecule is Fc1ccc(-c2cn3c(n2)CCC(NC2COC4(CCNC4)C2)C3)c(F)c1.O=C(O)C(F)(F)F. The van der Waals surface area contributed by atoms with E-state index in [2.05, 4.69) is 20.2 Å². The second kappa shape index (κ2) is 9.59. The van der Waals surface area contributed by atoms with Crippen LogP contribution in [0.5, 0.6) is 0 Å². The highest BCUT2D eigenvalue weighted by Crippen LogP contribution is 2.32. The average Bonchev–Trinajstić information content (AvgIpc) is 3.48. The molecule has 2 saturated heterocycles.